The van der Waals surface area contributed by atoms with Crippen LogP contribution in [-0.2, 0) is 0 Å². The van der Waals surface area contributed by atoms with Crippen molar-refractivity contribution in [3.63, 3.8) is 0 Å². The molecule has 0 unspecified atom stereocenters. The fourth-order valence-electron chi connectivity index (χ4n) is 3.20. The molecule has 0 amide bonds. The zero-order chi connectivity index (χ0) is 21.3. The molecular formula is C24H26N4O2-2. The summed E-state index contributed by atoms with van der Waals surface area (Å²) >= 11 is 0. The van der Waals surface area contributed by atoms with E-state index in [1.165, 1.54) is 0 Å². The van der Waals surface area contributed by atoms with E-state index >= 15 is 0 Å². The van der Waals surface area contributed by atoms with Crippen molar-refractivity contribution in [3.05, 3.63) is 57.6 Å². The standard InChI is InChI=1S/C24H28N4O2/c1-17-9-19-13-25-5-3-7-27-15-21-11-18(2)12-22(24(21)30)16-28-8-4-6-26-14-20(10-17)23(19)29/h9-16,29-30H,3-8H2,1-2H3/p-2. The summed E-state index contributed by atoms with van der Waals surface area (Å²) in [5.41, 5.74) is 4.28. The second kappa shape index (κ2) is 10.5. The van der Waals surface area contributed by atoms with Gasteiger partial charge in [0.1, 0.15) is 0 Å². The Morgan fingerprint density at radius 2 is 0.800 bits per heavy atom. The van der Waals surface area contributed by atoms with E-state index in [2.05, 4.69) is 20.0 Å². The van der Waals surface area contributed by atoms with Crippen molar-refractivity contribution in [3.8, 4) is 11.5 Å². The number of nitrogens with zero attached hydrogens (tertiary/aromatic N) is 4. The third-order valence-electron chi connectivity index (χ3n) is 4.65. The summed E-state index contributed by atoms with van der Waals surface area (Å²) in [6, 6.07) is 7.36. The summed E-state index contributed by atoms with van der Waals surface area (Å²) in [6.07, 6.45) is 7.99. The summed E-state index contributed by atoms with van der Waals surface area (Å²) in [4.78, 5) is 17.5. The summed E-state index contributed by atoms with van der Waals surface area (Å²) < 4.78 is 0. The molecule has 0 aliphatic carbocycles. The van der Waals surface area contributed by atoms with Crippen molar-refractivity contribution < 1.29 is 10.2 Å². The van der Waals surface area contributed by atoms with E-state index in [4.69, 9.17) is 0 Å². The molecule has 2 aromatic rings. The van der Waals surface area contributed by atoms with Gasteiger partial charge in [0.25, 0.3) is 0 Å². The number of benzene rings is 2. The molecule has 1 aliphatic rings. The number of rotatable bonds is 0. The number of aryl methyl sites for hydroxylation is 2. The fraction of sp³-hybridized carbons (Fsp3) is 0.333. The molecule has 1 heterocycles. The molecule has 0 fully saturated rings. The van der Waals surface area contributed by atoms with Crippen molar-refractivity contribution in [2.75, 3.05) is 26.2 Å². The summed E-state index contributed by atoms with van der Waals surface area (Å²) in [5, 5.41) is 25.2. The van der Waals surface area contributed by atoms with Gasteiger partial charge in [0.15, 0.2) is 0 Å². The van der Waals surface area contributed by atoms with E-state index in [9.17, 15) is 10.2 Å². The van der Waals surface area contributed by atoms with Gasteiger partial charge in [0.05, 0.1) is 0 Å². The highest BCUT2D eigenvalue weighted by Crippen LogP contribution is 2.20. The van der Waals surface area contributed by atoms with Crippen molar-refractivity contribution in [2.45, 2.75) is 26.7 Å². The Labute approximate surface area is 177 Å². The maximum Gasteiger partial charge on any atom is 0.0407 e. The smallest absolute Gasteiger partial charge is 0.0407 e. The molecule has 3 rings (SSSR count). The Morgan fingerprint density at radius 3 is 1.07 bits per heavy atom. The lowest BCUT2D eigenvalue weighted by Gasteiger charge is -2.15. The first-order valence-corrected chi connectivity index (χ1v) is 10.2. The van der Waals surface area contributed by atoms with Crippen LogP contribution < -0.4 is 10.2 Å². The molecule has 2 aromatic carbocycles. The minimum absolute atomic E-state index is 0.0598. The molecule has 30 heavy (non-hydrogen) atoms. The van der Waals surface area contributed by atoms with Crippen molar-refractivity contribution >= 4 is 24.9 Å². The molecule has 6 heteroatoms. The lowest BCUT2D eigenvalue weighted by atomic mass is 10.1. The normalized spacial score (nSPS) is 15.3. The van der Waals surface area contributed by atoms with E-state index in [1.54, 1.807) is 24.9 Å². The van der Waals surface area contributed by atoms with E-state index in [0.717, 1.165) is 24.0 Å². The number of hydrogen-bond acceptors (Lipinski definition) is 6. The van der Waals surface area contributed by atoms with Crippen molar-refractivity contribution in [1.29, 1.82) is 0 Å². The average Bonchev–Trinajstić information content (AvgIpc) is 2.71. The van der Waals surface area contributed by atoms with Crippen LogP contribution in [0, 0.1) is 13.8 Å². The first kappa shape index (κ1) is 21.4. The second-order valence-corrected chi connectivity index (χ2v) is 7.39. The second-order valence-electron chi connectivity index (χ2n) is 7.39. The molecule has 1 aliphatic heterocycles. The molecule has 0 saturated heterocycles. The SMILES string of the molecule is Cc1cc2c([O-])c(c1)C=NCCCN=Cc1cc(C)cc(c1[O-])C=NCCCN=C2. The maximum absolute atomic E-state index is 12.6. The van der Waals surface area contributed by atoms with Crippen LogP contribution in [0.2, 0.25) is 0 Å². The van der Waals surface area contributed by atoms with Crippen LogP contribution in [-0.4, -0.2) is 51.0 Å². The lowest BCUT2D eigenvalue weighted by molar-refractivity contribution is -0.269. The van der Waals surface area contributed by atoms with Gasteiger partial charge < -0.3 is 10.2 Å². The van der Waals surface area contributed by atoms with Gasteiger partial charge in [0, 0.05) is 51.0 Å². The third kappa shape index (κ3) is 5.86. The quantitative estimate of drug-likeness (QED) is 0.677. The molecule has 0 saturated carbocycles. The summed E-state index contributed by atoms with van der Waals surface area (Å²) in [6.45, 7) is 6.15. The molecular weight excluding hydrogens is 376 g/mol. The molecule has 0 atom stereocenters. The topological polar surface area (TPSA) is 95.6 Å². The van der Waals surface area contributed by atoms with Gasteiger partial charge in [-0.3, -0.25) is 20.0 Å². The zero-order valence-corrected chi connectivity index (χ0v) is 17.5. The van der Waals surface area contributed by atoms with Crippen LogP contribution in [0.4, 0.5) is 0 Å². The Bertz CT molecular complexity index is 855. The highest BCUT2D eigenvalue weighted by atomic mass is 16.3. The van der Waals surface area contributed by atoms with Gasteiger partial charge >= 0.3 is 0 Å². The molecule has 0 spiro atoms. The molecule has 0 aromatic heterocycles. The molecule has 0 radical (unpaired) electrons. The summed E-state index contributed by atoms with van der Waals surface area (Å²) in [7, 11) is 0. The van der Waals surface area contributed by atoms with Gasteiger partial charge in [0.2, 0.25) is 0 Å². The van der Waals surface area contributed by atoms with Crippen LogP contribution in [0.25, 0.3) is 0 Å². The van der Waals surface area contributed by atoms with E-state index < -0.39 is 0 Å². The van der Waals surface area contributed by atoms with Crippen LogP contribution in [0.1, 0.15) is 46.2 Å². The third-order valence-corrected chi connectivity index (χ3v) is 4.65. The largest absolute Gasteiger partial charge is 0.872 e. The Morgan fingerprint density at radius 1 is 0.533 bits per heavy atom. The van der Waals surface area contributed by atoms with Gasteiger partial charge in [-0.05, 0) is 60.1 Å². The van der Waals surface area contributed by atoms with Gasteiger partial charge in [-0.15, -0.1) is 0 Å². The lowest BCUT2D eigenvalue weighted by Crippen LogP contribution is -2.04. The predicted molar refractivity (Wildman–Crippen MR) is 120 cm³/mol. The van der Waals surface area contributed by atoms with E-state index in [-0.39, 0.29) is 11.5 Å². The van der Waals surface area contributed by atoms with E-state index in [0.29, 0.717) is 48.4 Å². The van der Waals surface area contributed by atoms with Crippen LogP contribution >= 0.6 is 0 Å². The molecule has 0 N–H and O–H groups in total. The maximum atomic E-state index is 12.6. The predicted octanol–water partition coefficient (Wildman–Crippen LogP) is 2.62. The highest BCUT2D eigenvalue weighted by Gasteiger charge is 2.00. The average molecular weight is 402 g/mol. The Kier molecular flexibility index (Phi) is 7.49. The summed E-state index contributed by atoms with van der Waals surface area (Å²) in [5.74, 6) is -0.120. The molecule has 6 nitrogen and oxygen atoms in total. The first-order chi connectivity index (χ1) is 14.5. The monoisotopic (exact) mass is 402 g/mol. The van der Waals surface area contributed by atoms with Gasteiger partial charge in [-0.25, -0.2) is 0 Å². The van der Waals surface area contributed by atoms with Crippen LogP contribution in [0.15, 0.2) is 44.2 Å². The number of hydrogen-bond donors (Lipinski definition) is 0. The van der Waals surface area contributed by atoms with E-state index in [1.807, 2.05) is 38.1 Å². The number of aliphatic imine (C=N–C) groups is 4. The van der Waals surface area contributed by atoms with Gasteiger partial charge in [-0.1, -0.05) is 35.8 Å². The first-order valence-electron chi connectivity index (χ1n) is 10.2. The molecule has 4 bridgehead atoms. The molecule has 156 valence electrons. The number of fused-ring (bicyclic) bond motifs is 4. The fourth-order valence-corrected chi connectivity index (χ4v) is 3.20. The van der Waals surface area contributed by atoms with Gasteiger partial charge in [-0.2, -0.15) is 0 Å². The Balaban J connectivity index is 1.83. The van der Waals surface area contributed by atoms with Crippen LogP contribution in [0.3, 0.4) is 0 Å². The minimum atomic E-state index is -0.0598. The van der Waals surface area contributed by atoms with Crippen molar-refractivity contribution in [2.24, 2.45) is 20.0 Å². The zero-order valence-electron chi connectivity index (χ0n) is 17.5. The Hall–Kier alpha value is -3.28. The minimum Gasteiger partial charge on any atom is -0.872 e. The highest BCUT2D eigenvalue weighted by molar-refractivity contribution is 5.92. The van der Waals surface area contributed by atoms with Crippen LogP contribution in [0.5, 0.6) is 11.5 Å². The van der Waals surface area contributed by atoms with Crippen molar-refractivity contribution in [1.82, 2.24) is 0 Å².